The van der Waals surface area contributed by atoms with Gasteiger partial charge in [0.25, 0.3) is 0 Å². The van der Waals surface area contributed by atoms with Crippen LogP contribution in [-0.4, -0.2) is 0 Å². The van der Waals surface area contributed by atoms with Crippen LogP contribution in [0, 0.1) is 0 Å². The molecular weight excluding hydrogens is 369 g/mol. The van der Waals surface area contributed by atoms with Crippen LogP contribution in [0.15, 0.2) is 45.3 Å². The Morgan fingerprint density at radius 2 is 1.76 bits per heavy atom. The third-order valence-corrected chi connectivity index (χ3v) is 4.21. The number of rotatable bonds is 2. The monoisotopic (exact) mass is 375 g/mol. The Labute approximate surface area is 121 Å². The van der Waals surface area contributed by atoms with Gasteiger partial charge >= 0.3 is 0 Å². The predicted octanol–water partition coefficient (Wildman–Crippen LogP) is 5.24. The molecule has 2 N–H and O–H groups in total. The molecule has 0 aromatic heterocycles. The molecule has 0 radical (unpaired) electrons. The summed E-state index contributed by atoms with van der Waals surface area (Å²) < 4.78 is 7.55. The molecule has 2 aromatic carbocycles. The van der Waals surface area contributed by atoms with Gasteiger partial charge in [-0.05, 0) is 68.3 Å². The maximum Gasteiger partial charge on any atom is 0.150 e. The van der Waals surface area contributed by atoms with Crippen LogP contribution < -0.4 is 10.5 Å². The van der Waals surface area contributed by atoms with Gasteiger partial charge in [-0.2, -0.15) is 0 Å². The lowest BCUT2D eigenvalue weighted by Gasteiger charge is -2.09. The van der Waals surface area contributed by atoms with Crippen molar-refractivity contribution in [2.75, 3.05) is 5.73 Å². The molecule has 0 heterocycles. The molecular formula is C12H8Br2ClNO. The van der Waals surface area contributed by atoms with E-state index in [1.807, 2.05) is 18.2 Å². The van der Waals surface area contributed by atoms with Gasteiger partial charge in [-0.1, -0.05) is 11.6 Å². The number of ether oxygens (including phenoxy) is 1. The van der Waals surface area contributed by atoms with Crippen LogP contribution in [0.4, 0.5) is 5.69 Å². The summed E-state index contributed by atoms with van der Waals surface area (Å²) in [4.78, 5) is 0. The van der Waals surface area contributed by atoms with Crippen LogP contribution in [0.5, 0.6) is 11.5 Å². The molecule has 0 atom stereocenters. The van der Waals surface area contributed by atoms with Crippen molar-refractivity contribution in [3.8, 4) is 11.5 Å². The average Bonchev–Trinajstić information content (AvgIpc) is 2.27. The Morgan fingerprint density at radius 3 is 2.41 bits per heavy atom. The lowest BCUT2D eigenvalue weighted by Crippen LogP contribution is -1.91. The van der Waals surface area contributed by atoms with Crippen LogP contribution in [0.1, 0.15) is 0 Å². The molecule has 5 heteroatoms. The highest BCUT2D eigenvalue weighted by atomic mass is 79.9. The molecule has 17 heavy (non-hydrogen) atoms. The fourth-order valence-corrected chi connectivity index (χ4v) is 2.06. The van der Waals surface area contributed by atoms with E-state index in [-0.39, 0.29) is 0 Å². The maximum atomic E-state index is 5.82. The Balaban J connectivity index is 2.28. The quantitative estimate of drug-likeness (QED) is 0.727. The van der Waals surface area contributed by atoms with Crippen molar-refractivity contribution < 1.29 is 4.74 Å². The van der Waals surface area contributed by atoms with Gasteiger partial charge in [0.05, 0.1) is 5.69 Å². The van der Waals surface area contributed by atoms with Crippen molar-refractivity contribution in [2.24, 2.45) is 0 Å². The molecule has 0 saturated heterocycles. The second-order valence-corrected chi connectivity index (χ2v) is 5.51. The molecule has 0 unspecified atom stereocenters. The Hall–Kier alpha value is -0.710. The molecule has 0 amide bonds. The number of nitrogen functional groups attached to an aromatic ring is 1. The molecule has 0 aliphatic rings. The molecule has 2 aromatic rings. The molecule has 88 valence electrons. The van der Waals surface area contributed by atoms with Crippen molar-refractivity contribution in [3.05, 3.63) is 50.4 Å². The first kappa shape index (κ1) is 12.7. The van der Waals surface area contributed by atoms with Gasteiger partial charge in [0.15, 0.2) is 0 Å². The standard InChI is InChI=1S/C12H8Br2ClNO/c13-9-3-2-8(6-10(9)14)17-12-4-1-7(15)5-11(12)16/h1-6H,16H2. The lowest BCUT2D eigenvalue weighted by molar-refractivity contribution is 0.484. The van der Waals surface area contributed by atoms with Crippen LogP contribution in [0.2, 0.25) is 5.02 Å². The third-order valence-electron chi connectivity index (χ3n) is 2.09. The smallest absolute Gasteiger partial charge is 0.150 e. The fraction of sp³-hybridized carbons (Fsp3) is 0. The van der Waals surface area contributed by atoms with Gasteiger partial charge in [-0.25, -0.2) is 0 Å². The van der Waals surface area contributed by atoms with E-state index in [0.29, 0.717) is 22.2 Å². The van der Waals surface area contributed by atoms with E-state index in [2.05, 4.69) is 31.9 Å². The van der Waals surface area contributed by atoms with E-state index in [4.69, 9.17) is 22.1 Å². The molecule has 0 aliphatic heterocycles. The lowest BCUT2D eigenvalue weighted by atomic mass is 10.3. The molecule has 0 bridgehead atoms. The minimum absolute atomic E-state index is 0.511. The second kappa shape index (κ2) is 5.29. The largest absolute Gasteiger partial charge is 0.455 e. The fourth-order valence-electron chi connectivity index (χ4n) is 1.28. The summed E-state index contributed by atoms with van der Waals surface area (Å²) in [6.45, 7) is 0. The first-order valence-electron chi connectivity index (χ1n) is 4.74. The second-order valence-electron chi connectivity index (χ2n) is 3.36. The van der Waals surface area contributed by atoms with Crippen molar-refractivity contribution >= 4 is 49.1 Å². The summed E-state index contributed by atoms with van der Waals surface area (Å²) >= 11 is 12.6. The van der Waals surface area contributed by atoms with Crippen LogP contribution in [0.25, 0.3) is 0 Å². The highest BCUT2D eigenvalue weighted by Crippen LogP contribution is 2.33. The van der Waals surface area contributed by atoms with Crippen molar-refractivity contribution in [3.63, 3.8) is 0 Å². The normalized spacial score (nSPS) is 10.3. The minimum atomic E-state index is 0.511. The topological polar surface area (TPSA) is 35.2 Å². The minimum Gasteiger partial charge on any atom is -0.455 e. The van der Waals surface area contributed by atoms with Crippen molar-refractivity contribution in [1.82, 2.24) is 0 Å². The molecule has 2 rings (SSSR count). The number of benzene rings is 2. The van der Waals surface area contributed by atoms with E-state index in [0.717, 1.165) is 8.95 Å². The molecule has 0 saturated carbocycles. The third kappa shape index (κ3) is 3.15. The van der Waals surface area contributed by atoms with Gasteiger partial charge < -0.3 is 10.5 Å². The summed E-state index contributed by atoms with van der Waals surface area (Å²) in [5.74, 6) is 1.29. The van der Waals surface area contributed by atoms with Crippen molar-refractivity contribution in [1.29, 1.82) is 0 Å². The number of anilines is 1. The van der Waals surface area contributed by atoms with Crippen LogP contribution in [0.3, 0.4) is 0 Å². The Kier molecular flexibility index (Phi) is 3.97. The van der Waals surface area contributed by atoms with Gasteiger partial charge in [0.2, 0.25) is 0 Å². The highest BCUT2D eigenvalue weighted by molar-refractivity contribution is 9.13. The summed E-state index contributed by atoms with van der Waals surface area (Å²) in [6.07, 6.45) is 0. The number of hydrogen-bond donors (Lipinski definition) is 1. The van der Waals surface area contributed by atoms with E-state index in [1.54, 1.807) is 18.2 Å². The number of nitrogens with two attached hydrogens (primary N) is 1. The van der Waals surface area contributed by atoms with E-state index in [9.17, 15) is 0 Å². The first-order chi connectivity index (χ1) is 8.06. The average molecular weight is 377 g/mol. The predicted molar refractivity (Wildman–Crippen MR) is 77.8 cm³/mol. The molecule has 0 aliphatic carbocycles. The van der Waals surface area contributed by atoms with Crippen LogP contribution >= 0.6 is 43.5 Å². The van der Waals surface area contributed by atoms with Crippen molar-refractivity contribution in [2.45, 2.75) is 0 Å². The summed E-state index contributed by atoms with van der Waals surface area (Å²) in [5, 5.41) is 0.590. The Morgan fingerprint density at radius 1 is 1.00 bits per heavy atom. The number of hydrogen-bond acceptors (Lipinski definition) is 2. The summed E-state index contributed by atoms with van der Waals surface area (Å²) in [7, 11) is 0. The molecule has 2 nitrogen and oxygen atoms in total. The molecule has 0 fully saturated rings. The van der Waals surface area contributed by atoms with E-state index >= 15 is 0 Å². The highest BCUT2D eigenvalue weighted by Gasteiger charge is 2.04. The Bertz CT molecular complexity index is 560. The van der Waals surface area contributed by atoms with Gasteiger partial charge in [0.1, 0.15) is 11.5 Å². The summed E-state index contributed by atoms with van der Waals surface area (Å²) in [5.41, 5.74) is 6.32. The number of halogens is 3. The molecule has 0 spiro atoms. The maximum absolute atomic E-state index is 5.82. The van der Waals surface area contributed by atoms with Gasteiger partial charge in [0, 0.05) is 14.0 Å². The van der Waals surface area contributed by atoms with Crippen LogP contribution in [-0.2, 0) is 0 Å². The zero-order chi connectivity index (χ0) is 12.4. The van der Waals surface area contributed by atoms with Gasteiger partial charge in [-0.15, -0.1) is 0 Å². The zero-order valence-corrected chi connectivity index (χ0v) is 12.5. The zero-order valence-electron chi connectivity index (χ0n) is 8.58. The van der Waals surface area contributed by atoms with Gasteiger partial charge in [-0.3, -0.25) is 0 Å². The summed E-state index contributed by atoms with van der Waals surface area (Å²) in [6, 6.07) is 10.7. The SMILES string of the molecule is Nc1cc(Cl)ccc1Oc1ccc(Br)c(Br)c1. The first-order valence-corrected chi connectivity index (χ1v) is 6.70. The van der Waals surface area contributed by atoms with E-state index in [1.165, 1.54) is 0 Å². The van der Waals surface area contributed by atoms with E-state index < -0.39 is 0 Å².